The number of H-pyrrole nitrogens is 1. The van der Waals surface area contributed by atoms with Crippen molar-refractivity contribution in [3.8, 4) is 5.75 Å². The second-order valence-electron chi connectivity index (χ2n) is 5.75. The first-order chi connectivity index (χ1) is 11.6. The number of benzene rings is 1. The van der Waals surface area contributed by atoms with Crippen LogP contribution in [0.5, 0.6) is 5.75 Å². The van der Waals surface area contributed by atoms with E-state index in [0.29, 0.717) is 18.8 Å². The van der Waals surface area contributed by atoms with Crippen molar-refractivity contribution >= 4 is 5.91 Å². The van der Waals surface area contributed by atoms with Gasteiger partial charge in [0.2, 0.25) is 0 Å². The third-order valence-electron chi connectivity index (χ3n) is 4.09. The first kappa shape index (κ1) is 16.2. The van der Waals surface area contributed by atoms with Gasteiger partial charge in [-0.15, -0.1) is 0 Å². The van der Waals surface area contributed by atoms with Crippen LogP contribution in [0.25, 0.3) is 0 Å². The molecule has 2 heterocycles. The predicted octanol–water partition coefficient (Wildman–Crippen LogP) is 1.69. The Morgan fingerprint density at radius 2 is 2.12 bits per heavy atom. The largest absolute Gasteiger partial charge is 0.484 e. The van der Waals surface area contributed by atoms with Gasteiger partial charge in [-0.2, -0.15) is 0 Å². The van der Waals surface area contributed by atoms with Crippen molar-refractivity contribution in [2.75, 3.05) is 19.7 Å². The van der Waals surface area contributed by atoms with Crippen LogP contribution in [0.1, 0.15) is 24.5 Å². The maximum Gasteiger partial charge on any atom is 0.345 e. The predicted molar refractivity (Wildman–Crippen MR) is 85.3 cm³/mol. The standard InChI is InChI=1S/C17H18FN3O3/c18-13-3-5-14(6-4-13)24-11-16(22)21-9-1-2-12(10-21)15-7-8-19-17(23)20-15/h3-8,12H,1-2,9-11H2,(H,19,20,23). The van der Waals surface area contributed by atoms with Gasteiger partial charge in [0.05, 0.1) is 0 Å². The van der Waals surface area contributed by atoms with Gasteiger partial charge in [-0.25, -0.2) is 14.2 Å². The quantitative estimate of drug-likeness (QED) is 0.925. The molecular formula is C17H18FN3O3. The van der Waals surface area contributed by atoms with Gasteiger partial charge in [0, 0.05) is 30.9 Å². The van der Waals surface area contributed by atoms with Gasteiger partial charge in [-0.1, -0.05) is 0 Å². The maximum atomic E-state index is 12.8. The zero-order valence-electron chi connectivity index (χ0n) is 13.1. The van der Waals surface area contributed by atoms with Gasteiger partial charge < -0.3 is 14.6 Å². The Morgan fingerprint density at radius 1 is 1.33 bits per heavy atom. The van der Waals surface area contributed by atoms with Gasteiger partial charge in [0.15, 0.2) is 6.61 Å². The van der Waals surface area contributed by atoms with E-state index in [-0.39, 0.29) is 29.9 Å². The van der Waals surface area contributed by atoms with Crippen molar-refractivity contribution in [1.29, 1.82) is 0 Å². The van der Waals surface area contributed by atoms with Gasteiger partial charge in [0.1, 0.15) is 11.6 Å². The van der Waals surface area contributed by atoms with E-state index in [1.165, 1.54) is 30.5 Å². The van der Waals surface area contributed by atoms with Crippen LogP contribution in [0.15, 0.2) is 41.3 Å². The third-order valence-corrected chi connectivity index (χ3v) is 4.09. The number of carbonyl (C=O) groups excluding carboxylic acids is 1. The van der Waals surface area contributed by atoms with Crippen molar-refractivity contribution < 1.29 is 13.9 Å². The van der Waals surface area contributed by atoms with Crippen LogP contribution in [0, 0.1) is 5.82 Å². The number of amides is 1. The van der Waals surface area contributed by atoms with Crippen LogP contribution in [-0.4, -0.2) is 40.5 Å². The van der Waals surface area contributed by atoms with Gasteiger partial charge >= 0.3 is 5.69 Å². The molecule has 24 heavy (non-hydrogen) atoms. The Morgan fingerprint density at radius 3 is 2.88 bits per heavy atom. The van der Waals surface area contributed by atoms with E-state index in [1.54, 1.807) is 11.0 Å². The number of ether oxygens (including phenoxy) is 1. The molecule has 1 amide bonds. The Labute approximate surface area is 138 Å². The van der Waals surface area contributed by atoms with Gasteiger partial charge in [-0.05, 0) is 43.2 Å². The summed E-state index contributed by atoms with van der Waals surface area (Å²) in [7, 11) is 0. The molecule has 0 spiro atoms. The molecule has 0 bridgehead atoms. The van der Waals surface area contributed by atoms with E-state index in [9.17, 15) is 14.0 Å². The highest BCUT2D eigenvalue weighted by molar-refractivity contribution is 5.78. The molecule has 6 nitrogen and oxygen atoms in total. The molecule has 3 rings (SSSR count). The molecular weight excluding hydrogens is 313 g/mol. The lowest BCUT2D eigenvalue weighted by Crippen LogP contribution is -2.42. The second kappa shape index (κ2) is 7.25. The summed E-state index contributed by atoms with van der Waals surface area (Å²) in [6, 6.07) is 7.33. The van der Waals surface area contributed by atoms with E-state index >= 15 is 0 Å². The monoisotopic (exact) mass is 331 g/mol. The Kier molecular flexibility index (Phi) is 4.88. The molecule has 1 aliphatic rings. The molecule has 1 unspecified atom stereocenters. The molecule has 1 aliphatic heterocycles. The van der Waals surface area contributed by atoms with E-state index in [1.807, 2.05) is 0 Å². The fraction of sp³-hybridized carbons (Fsp3) is 0.353. The van der Waals surface area contributed by atoms with Crippen LogP contribution >= 0.6 is 0 Å². The lowest BCUT2D eigenvalue weighted by molar-refractivity contribution is -0.134. The Bertz CT molecular complexity index is 760. The first-order valence-corrected chi connectivity index (χ1v) is 7.83. The highest BCUT2D eigenvalue weighted by Crippen LogP contribution is 2.24. The van der Waals surface area contributed by atoms with Crippen molar-refractivity contribution in [3.63, 3.8) is 0 Å². The average Bonchev–Trinajstić information content (AvgIpc) is 2.61. The van der Waals surface area contributed by atoms with Crippen molar-refractivity contribution in [3.05, 3.63) is 58.5 Å². The van der Waals surface area contributed by atoms with E-state index in [2.05, 4.69) is 9.97 Å². The maximum absolute atomic E-state index is 12.8. The van der Waals surface area contributed by atoms with Crippen molar-refractivity contribution in [2.45, 2.75) is 18.8 Å². The van der Waals surface area contributed by atoms with E-state index < -0.39 is 0 Å². The highest BCUT2D eigenvalue weighted by Gasteiger charge is 2.25. The minimum absolute atomic E-state index is 0.0872. The molecule has 0 radical (unpaired) electrons. The number of rotatable bonds is 4. The number of nitrogens with one attached hydrogen (secondary N) is 1. The fourth-order valence-corrected chi connectivity index (χ4v) is 2.85. The van der Waals surface area contributed by atoms with Crippen LogP contribution in [0.4, 0.5) is 4.39 Å². The second-order valence-corrected chi connectivity index (χ2v) is 5.75. The Hall–Kier alpha value is -2.70. The fourth-order valence-electron chi connectivity index (χ4n) is 2.85. The zero-order valence-corrected chi connectivity index (χ0v) is 13.1. The number of likely N-dealkylation sites (tertiary alicyclic amines) is 1. The van der Waals surface area contributed by atoms with Gasteiger partial charge in [-0.3, -0.25) is 4.79 Å². The number of hydrogen-bond donors (Lipinski definition) is 1. The molecule has 1 saturated heterocycles. The molecule has 1 aromatic heterocycles. The number of halogens is 1. The first-order valence-electron chi connectivity index (χ1n) is 7.83. The lowest BCUT2D eigenvalue weighted by atomic mass is 9.94. The molecule has 1 fully saturated rings. The summed E-state index contributed by atoms with van der Waals surface area (Å²) in [6.45, 7) is 1.11. The van der Waals surface area contributed by atoms with Crippen LogP contribution < -0.4 is 10.4 Å². The summed E-state index contributed by atoms with van der Waals surface area (Å²) < 4.78 is 18.3. The summed E-state index contributed by atoms with van der Waals surface area (Å²) in [5, 5.41) is 0. The minimum atomic E-state index is -0.379. The summed E-state index contributed by atoms with van der Waals surface area (Å²) >= 11 is 0. The number of piperidine rings is 1. The minimum Gasteiger partial charge on any atom is -0.484 e. The normalized spacial score (nSPS) is 17.5. The molecule has 1 atom stereocenters. The topological polar surface area (TPSA) is 75.3 Å². The molecule has 0 aliphatic carbocycles. The zero-order chi connectivity index (χ0) is 16.9. The summed E-state index contributed by atoms with van der Waals surface area (Å²) in [5.41, 5.74) is 0.419. The average molecular weight is 331 g/mol. The lowest BCUT2D eigenvalue weighted by Gasteiger charge is -2.32. The van der Waals surface area contributed by atoms with Crippen molar-refractivity contribution in [2.24, 2.45) is 0 Å². The molecule has 126 valence electrons. The molecule has 0 saturated carbocycles. The summed E-state index contributed by atoms with van der Waals surface area (Å²) in [5.74, 6) is 0.0697. The molecule has 2 aromatic rings. The third kappa shape index (κ3) is 3.98. The van der Waals surface area contributed by atoms with Crippen LogP contribution in [0.3, 0.4) is 0 Å². The van der Waals surface area contributed by atoms with Crippen LogP contribution in [0.2, 0.25) is 0 Å². The SMILES string of the molecule is O=C(COc1ccc(F)cc1)N1CCCC(c2ccnc(=O)[nH]2)C1. The molecule has 1 aromatic carbocycles. The number of carbonyl (C=O) groups is 1. The Balaban J connectivity index is 1.58. The molecule has 7 heteroatoms. The van der Waals surface area contributed by atoms with Crippen molar-refractivity contribution in [1.82, 2.24) is 14.9 Å². The molecule has 1 N–H and O–H groups in total. The van der Waals surface area contributed by atoms with E-state index in [4.69, 9.17) is 4.74 Å². The number of aromatic nitrogens is 2. The van der Waals surface area contributed by atoms with E-state index in [0.717, 1.165) is 18.5 Å². The number of hydrogen-bond acceptors (Lipinski definition) is 4. The summed E-state index contributed by atoms with van der Waals surface area (Å²) in [4.78, 5) is 31.7. The van der Waals surface area contributed by atoms with Crippen LogP contribution in [-0.2, 0) is 4.79 Å². The number of nitrogens with zero attached hydrogens (tertiary/aromatic N) is 2. The van der Waals surface area contributed by atoms with Gasteiger partial charge in [0.25, 0.3) is 5.91 Å². The number of aromatic amines is 1. The smallest absolute Gasteiger partial charge is 0.345 e. The highest BCUT2D eigenvalue weighted by atomic mass is 19.1. The summed E-state index contributed by atoms with van der Waals surface area (Å²) in [6.07, 6.45) is 3.24.